The van der Waals surface area contributed by atoms with Gasteiger partial charge in [0.05, 0.1) is 13.1 Å². The molecule has 2 aromatic carbocycles. The summed E-state index contributed by atoms with van der Waals surface area (Å²) in [6.45, 7) is 1.32. The zero-order valence-corrected chi connectivity index (χ0v) is 17.1. The Morgan fingerprint density at radius 2 is 1.83 bits per heavy atom. The number of rotatable bonds is 5. The highest BCUT2D eigenvalue weighted by Crippen LogP contribution is 2.28. The molecule has 1 atom stereocenters. The molecule has 5 nitrogen and oxygen atoms in total. The van der Waals surface area contributed by atoms with Crippen molar-refractivity contribution in [2.45, 2.75) is 25.7 Å². The molecule has 0 spiro atoms. The molecule has 1 N–H and O–H groups in total. The molecule has 2 amide bonds. The summed E-state index contributed by atoms with van der Waals surface area (Å²) in [4.78, 5) is 29.5. The minimum absolute atomic E-state index is 0.113. The lowest BCUT2D eigenvalue weighted by Crippen LogP contribution is -2.54. The van der Waals surface area contributed by atoms with E-state index in [1.807, 2.05) is 82.7 Å². The Morgan fingerprint density at radius 3 is 2.63 bits per heavy atom. The van der Waals surface area contributed by atoms with Crippen LogP contribution in [0.2, 0.25) is 0 Å². The second kappa shape index (κ2) is 7.80. The van der Waals surface area contributed by atoms with E-state index in [0.717, 1.165) is 21.3 Å². The fraction of sp³-hybridized carbons (Fsp3) is 0.167. The van der Waals surface area contributed by atoms with Gasteiger partial charge in [-0.05, 0) is 29.1 Å². The number of amides is 2. The van der Waals surface area contributed by atoms with Crippen molar-refractivity contribution < 1.29 is 9.59 Å². The molecule has 5 rings (SSSR count). The Morgan fingerprint density at radius 1 is 1.03 bits per heavy atom. The van der Waals surface area contributed by atoms with Crippen LogP contribution >= 0.6 is 11.3 Å². The molecule has 0 saturated heterocycles. The first kappa shape index (κ1) is 18.6. The van der Waals surface area contributed by atoms with Crippen LogP contribution < -0.4 is 5.32 Å². The van der Waals surface area contributed by atoms with Gasteiger partial charge in [-0.1, -0.05) is 54.6 Å². The van der Waals surface area contributed by atoms with E-state index in [4.69, 9.17) is 0 Å². The molecule has 150 valence electrons. The Kier molecular flexibility index (Phi) is 4.85. The summed E-state index contributed by atoms with van der Waals surface area (Å²) in [5.41, 5.74) is 2.62. The summed E-state index contributed by atoms with van der Waals surface area (Å²) in [6, 6.07) is 23.1. The maximum absolute atomic E-state index is 13.5. The van der Waals surface area contributed by atoms with Gasteiger partial charge in [-0.2, -0.15) is 0 Å². The van der Waals surface area contributed by atoms with Crippen molar-refractivity contribution in [1.29, 1.82) is 0 Å². The molecule has 0 bridgehead atoms. The minimum Gasteiger partial charge on any atom is -0.349 e. The second-order valence-electron chi connectivity index (χ2n) is 7.43. The largest absolute Gasteiger partial charge is 0.349 e. The smallest absolute Gasteiger partial charge is 0.271 e. The van der Waals surface area contributed by atoms with Crippen molar-refractivity contribution >= 4 is 34.1 Å². The highest BCUT2D eigenvalue weighted by Gasteiger charge is 2.37. The van der Waals surface area contributed by atoms with Crippen LogP contribution in [0, 0.1) is 0 Å². The lowest BCUT2D eigenvalue weighted by molar-refractivity contribution is -0.126. The second-order valence-corrected chi connectivity index (χ2v) is 8.46. The molecule has 30 heavy (non-hydrogen) atoms. The zero-order valence-electron chi connectivity index (χ0n) is 16.3. The number of nitrogens with one attached hydrogen (secondary N) is 1. The molecular weight excluding hydrogens is 394 g/mol. The molecule has 3 heterocycles. The maximum Gasteiger partial charge on any atom is 0.271 e. The lowest BCUT2D eigenvalue weighted by Gasteiger charge is -2.36. The van der Waals surface area contributed by atoms with Gasteiger partial charge in [-0.25, -0.2) is 0 Å². The summed E-state index contributed by atoms with van der Waals surface area (Å²) in [5, 5.41) is 6.03. The predicted octanol–water partition coefficient (Wildman–Crippen LogP) is 4.04. The molecular formula is C24H21N3O2S. The van der Waals surface area contributed by atoms with E-state index in [9.17, 15) is 9.59 Å². The first-order valence-electron chi connectivity index (χ1n) is 9.94. The van der Waals surface area contributed by atoms with Crippen LogP contribution in [0.1, 0.15) is 20.9 Å². The molecule has 0 radical (unpaired) electrons. The minimum atomic E-state index is -0.569. The third-order valence-corrected chi connectivity index (χ3v) is 6.41. The van der Waals surface area contributed by atoms with Gasteiger partial charge < -0.3 is 14.8 Å². The van der Waals surface area contributed by atoms with Gasteiger partial charge in [0.1, 0.15) is 11.7 Å². The van der Waals surface area contributed by atoms with Gasteiger partial charge in [-0.15, -0.1) is 11.3 Å². The van der Waals surface area contributed by atoms with Crippen molar-refractivity contribution in [3.8, 4) is 0 Å². The monoisotopic (exact) mass is 415 g/mol. The summed E-state index contributed by atoms with van der Waals surface area (Å²) < 4.78 is 1.98. The van der Waals surface area contributed by atoms with Crippen molar-refractivity contribution in [2.24, 2.45) is 0 Å². The highest BCUT2D eigenvalue weighted by atomic mass is 32.1. The Balaban J connectivity index is 1.49. The Hall–Kier alpha value is -3.38. The third kappa shape index (κ3) is 3.39. The van der Waals surface area contributed by atoms with Crippen LogP contribution in [0.15, 0.2) is 78.2 Å². The number of nitrogens with zero attached hydrogens (tertiary/aromatic N) is 2. The molecule has 0 unspecified atom stereocenters. The number of hydrogen-bond donors (Lipinski definition) is 1. The van der Waals surface area contributed by atoms with Crippen LogP contribution in [-0.4, -0.2) is 27.3 Å². The first-order chi connectivity index (χ1) is 14.7. The van der Waals surface area contributed by atoms with E-state index < -0.39 is 6.04 Å². The van der Waals surface area contributed by atoms with E-state index in [-0.39, 0.29) is 11.8 Å². The molecule has 0 aliphatic carbocycles. The van der Waals surface area contributed by atoms with Crippen molar-refractivity contribution in [3.05, 3.63) is 94.3 Å². The predicted molar refractivity (Wildman–Crippen MR) is 118 cm³/mol. The third-order valence-electron chi connectivity index (χ3n) is 5.54. The van der Waals surface area contributed by atoms with E-state index in [0.29, 0.717) is 25.3 Å². The van der Waals surface area contributed by atoms with Crippen LogP contribution in [0.3, 0.4) is 0 Å². The average molecular weight is 416 g/mol. The molecule has 1 aliphatic heterocycles. The number of para-hydroxylation sites is 1. The van der Waals surface area contributed by atoms with Gasteiger partial charge >= 0.3 is 0 Å². The van der Waals surface area contributed by atoms with Gasteiger partial charge in [0.2, 0.25) is 5.91 Å². The topological polar surface area (TPSA) is 54.3 Å². The summed E-state index contributed by atoms with van der Waals surface area (Å²) in [6.07, 6.45) is 0. The van der Waals surface area contributed by atoms with Crippen LogP contribution in [-0.2, 0) is 24.4 Å². The fourth-order valence-electron chi connectivity index (χ4n) is 4.04. The molecule has 2 aromatic heterocycles. The standard InChI is InChI=1S/C24H21N3O2S/c28-23(25-14-19-10-6-12-30-19)22-16-26-20-11-5-4-9-18(20)13-21(26)24(29)27(22)15-17-7-2-1-3-8-17/h1-13,22H,14-16H2,(H,25,28)/t22-/m0/s1. The SMILES string of the molecule is O=C(NCc1cccs1)[C@@H]1Cn2c(cc3ccccc32)C(=O)N1Cc1ccccc1. The first-order valence-corrected chi connectivity index (χ1v) is 10.8. The lowest BCUT2D eigenvalue weighted by atomic mass is 10.1. The van der Waals surface area contributed by atoms with Crippen LogP contribution in [0.4, 0.5) is 0 Å². The number of hydrogen-bond acceptors (Lipinski definition) is 3. The van der Waals surface area contributed by atoms with Crippen LogP contribution in [0.25, 0.3) is 10.9 Å². The van der Waals surface area contributed by atoms with Gasteiger partial charge in [0, 0.05) is 22.3 Å². The zero-order chi connectivity index (χ0) is 20.5. The number of carbonyl (C=O) groups excluding carboxylic acids is 2. The maximum atomic E-state index is 13.5. The van der Waals surface area contributed by atoms with E-state index in [1.165, 1.54) is 0 Å². The van der Waals surface area contributed by atoms with Gasteiger partial charge in [0.25, 0.3) is 5.91 Å². The van der Waals surface area contributed by atoms with Gasteiger partial charge in [-0.3, -0.25) is 9.59 Å². The van der Waals surface area contributed by atoms with Crippen molar-refractivity contribution in [3.63, 3.8) is 0 Å². The average Bonchev–Trinajstić information content (AvgIpc) is 3.42. The molecule has 1 aliphatic rings. The summed E-state index contributed by atoms with van der Waals surface area (Å²) in [7, 11) is 0. The number of carbonyl (C=O) groups is 2. The summed E-state index contributed by atoms with van der Waals surface area (Å²) in [5.74, 6) is -0.242. The normalized spacial score (nSPS) is 15.9. The molecule has 6 heteroatoms. The fourth-order valence-corrected chi connectivity index (χ4v) is 4.68. The van der Waals surface area contributed by atoms with Gasteiger partial charge in [0.15, 0.2) is 0 Å². The Bertz CT molecular complexity index is 1200. The van der Waals surface area contributed by atoms with E-state index in [2.05, 4.69) is 5.32 Å². The number of aromatic nitrogens is 1. The summed E-state index contributed by atoms with van der Waals surface area (Å²) >= 11 is 1.61. The number of benzene rings is 2. The van der Waals surface area contributed by atoms with Crippen molar-refractivity contribution in [1.82, 2.24) is 14.8 Å². The highest BCUT2D eigenvalue weighted by molar-refractivity contribution is 7.09. The molecule has 0 saturated carbocycles. The van der Waals surface area contributed by atoms with E-state index in [1.54, 1.807) is 16.2 Å². The van der Waals surface area contributed by atoms with Crippen LogP contribution in [0.5, 0.6) is 0 Å². The number of fused-ring (bicyclic) bond motifs is 3. The molecule has 4 aromatic rings. The van der Waals surface area contributed by atoms with E-state index >= 15 is 0 Å². The van der Waals surface area contributed by atoms with Crippen molar-refractivity contribution in [2.75, 3.05) is 0 Å². The number of thiophene rings is 1. The molecule has 0 fully saturated rings. The Labute approximate surface area is 178 Å². The quantitative estimate of drug-likeness (QED) is 0.535.